The maximum Gasteiger partial charge on any atom is 0.227 e. The van der Waals surface area contributed by atoms with E-state index in [4.69, 9.17) is 4.74 Å². The van der Waals surface area contributed by atoms with Crippen molar-refractivity contribution >= 4 is 5.91 Å². The van der Waals surface area contributed by atoms with E-state index in [1.54, 1.807) is 0 Å². The predicted molar refractivity (Wildman–Crippen MR) is 99.2 cm³/mol. The smallest absolute Gasteiger partial charge is 0.227 e. The molecule has 0 unspecified atom stereocenters. The Kier molecular flexibility index (Phi) is 9.74. The number of morpholine rings is 1. The molecule has 2 aliphatic heterocycles. The molecule has 1 atom stereocenters. The number of ether oxygens (including phenoxy) is 1. The second kappa shape index (κ2) is 11.9. The second-order valence-corrected chi connectivity index (χ2v) is 7.55. The van der Waals surface area contributed by atoms with Crippen LogP contribution in [0.3, 0.4) is 0 Å². The molecular weight excluding hydrogens is 300 g/mol. The lowest BCUT2D eigenvalue weighted by atomic mass is 9.96. The summed E-state index contributed by atoms with van der Waals surface area (Å²) in [4.78, 5) is 17.2. The van der Waals surface area contributed by atoms with E-state index in [2.05, 4.69) is 11.8 Å². The third kappa shape index (κ3) is 7.10. The SMILES string of the molecule is CCCCCCCCCCN1CCC[C@@H](C(=O)N2CCOCC2)C1. The number of carbonyl (C=O) groups excluding carboxylic acids is 1. The van der Waals surface area contributed by atoms with Gasteiger partial charge < -0.3 is 14.5 Å². The van der Waals surface area contributed by atoms with Crippen LogP contribution in [0.5, 0.6) is 0 Å². The molecule has 0 radical (unpaired) electrons. The highest BCUT2D eigenvalue weighted by molar-refractivity contribution is 5.79. The first-order valence-electron chi connectivity index (χ1n) is 10.4. The molecule has 140 valence electrons. The van der Waals surface area contributed by atoms with Gasteiger partial charge in [-0.05, 0) is 32.4 Å². The van der Waals surface area contributed by atoms with E-state index in [1.165, 1.54) is 70.9 Å². The van der Waals surface area contributed by atoms with Crippen molar-refractivity contribution in [3.05, 3.63) is 0 Å². The molecule has 0 aromatic heterocycles. The monoisotopic (exact) mass is 338 g/mol. The molecule has 1 amide bonds. The summed E-state index contributed by atoms with van der Waals surface area (Å²) in [7, 11) is 0. The zero-order chi connectivity index (χ0) is 17.0. The van der Waals surface area contributed by atoms with Gasteiger partial charge in [0.1, 0.15) is 0 Å². The fourth-order valence-electron chi connectivity index (χ4n) is 3.97. The standard InChI is InChI=1S/C20H38N2O2/c1-2-3-4-5-6-7-8-9-12-21-13-10-11-19(18-21)20(23)22-14-16-24-17-15-22/h19H,2-18H2,1H3/t19-/m1/s1. The second-order valence-electron chi connectivity index (χ2n) is 7.55. The normalized spacial score (nSPS) is 22.7. The van der Waals surface area contributed by atoms with Crippen molar-refractivity contribution in [1.82, 2.24) is 9.80 Å². The molecule has 2 heterocycles. The maximum atomic E-state index is 12.6. The number of rotatable bonds is 10. The van der Waals surface area contributed by atoms with Crippen LogP contribution in [0.4, 0.5) is 0 Å². The van der Waals surface area contributed by atoms with Gasteiger partial charge in [-0.1, -0.05) is 51.9 Å². The molecule has 0 bridgehead atoms. The maximum absolute atomic E-state index is 12.6. The quantitative estimate of drug-likeness (QED) is 0.569. The molecule has 0 saturated carbocycles. The highest BCUT2D eigenvalue weighted by atomic mass is 16.5. The third-order valence-corrected chi connectivity index (χ3v) is 5.51. The molecule has 4 nitrogen and oxygen atoms in total. The zero-order valence-electron chi connectivity index (χ0n) is 15.8. The summed E-state index contributed by atoms with van der Waals surface area (Å²) in [6, 6.07) is 0. The van der Waals surface area contributed by atoms with Crippen LogP contribution in [0.15, 0.2) is 0 Å². The number of likely N-dealkylation sites (tertiary alicyclic amines) is 1. The fourth-order valence-corrected chi connectivity index (χ4v) is 3.97. The lowest BCUT2D eigenvalue weighted by Gasteiger charge is -2.36. The molecule has 0 aromatic rings. The van der Waals surface area contributed by atoms with Crippen molar-refractivity contribution in [3.8, 4) is 0 Å². The Hall–Kier alpha value is -0.610. The molecule has 0 spiro atoms. The highest BCUT2D eigenvalue weighted by Gasteiger charge is 2.29. The Labute approximate surface area is 148 Å². The number of hydrogen-bond acceptors (Lipinski definition) is 3. The van der Waals surface area contributed by atoms with Crippen LogP contribution in [-0.2, 0) is 9.53 Å². The summed E-state index contributed by atoms with van der Waals surface area (Å²) in [5, 5.41) is 0. The van der Waals surface area contributed by atoms with E-state index in [0.717, 1.165) is 26.1 Å². The summed E-state index contributed by atoms with van der Waals surface area (Å²) in [5.41, 5.74) is 0. The zero-order valence-corrected chi connectivity index (χ0v) is 15.8. The molecule has 2 fully saturated rings. The Morgan fingerprint density at radius 3 is 2.33 bits per heavy atom. The molecule has 2 saturated heterocycles. The lowest BCUT2D eigenvalue weighted by Crippen LogP contribution is -2.48. The number of amides is 1. The van der Waals surface area contributed by atoms with Crippen molar-refractivity contribution in [2.24, 2.45) is 5.92 Å². The van der Waals surface area contributed by atoms with E-state index in [-0.39, 0.29) is 5.92 Å². The lowest BCUT2D eigenvalue weighted by molar-refractivity contribution is -0.141. The minimum Gasteiger partial charge on any atom is -0.378 e. The molecule has 24 heavy (non-hydrogen) atoms. The van der Waals surface area contributed by atoms with E-state index in [9.17, 15) is 4.79 Å². The van der Waals surface area contributed by atoms with Crippen molar-refractivity contribution in [3.63, 3.8) is 0 Å². The van der Waals surface area contributed by atoms with Crippen LogP contribution >= 0.6 is 0 Å². The molecule has 0 aromatic carbocycles. The first-order valence-corrected chi connectivity index (χ1v) is 10.4. The largest absolute Gasteiger partial charge is 0.378 e. The number of hydrogen-bond donors (Lipinski definition) is 0. The van der Waals surface area contributed by atoms with Crippen LogP contribution in [0.2, 0.25) is 0 Å². The van der Waals surface area contributed by atoms with Crippen LogP contribution in [0, 0.1) is 5.92 Å². The highest BCUT2D eigenvalue weighted by Crippen LogP contribution is 2.20. The molecule has 0 aliphatic carbocycles. The van der Waals surface area contributed by atoms with Gasteiger partial charge in [0.05, 0.1) is 19.1 Å². The number of piperidine rings is 1. The van der Waals surface area contributed by atoms with Crippen molar-refractivity contribution < 1.29 is 9.53 Å². The number of carbonyl (C=O) groups is 1. The van der Waals surface area contributed by atoms with Crippen molar-refractivity contribution in [1.29, 1.82) is 0 Å². The van der Waals surface area contributed by atoms with Gasteiger partial charge in [0.2, 0.25) is 5.91 Å². The van der Waals surface area contributed by atoms with Gasteiger partial charge in [-0.3, -0.25) is 4.79 Å². The summed E-state index contributed by atoms with van der Waals surface area (Å²) in [6.45, 7) is 8.61. The Morgan fingerprint density at radius 1 is 0.958 bits per heavy atom. The molecular formula is C20H38N2O2. The first kappa shape index (κ1) is 19.7. The van der Waals surface area contributed by atoms with Gasteiger partial charge in [-0.25, -0.2) is 0 Å². The van der Waals surface area contributed by atoms with Crippen LogP contribution < -0.4 is 0 Å². The van der Waals surface area contributed by atoms with E-state index in [1.807, 2.05) is 4.90 Å². The molecule has 4 heteroatoms. The topological polar surface area (TPSA) is 32.8 Å². The van der Waals surface area contributed by atoms with Gasteiger partial charge in [0.15, 0.2) is 0 Å². The van der Waals surface area contributed by atoms with Crippen molar-refractivity contribution in [2.75, 3.05) is 45.9 Å². The van der Waals surface area contributed by atoms with E-state index >= 15 is 0 Å². The van der Waals surface area contributed by atoms with Crippen LogP contribution in [-0.4, -0.2) is 61.6 Å². The average Bonchev–Trinajstić information content (AvgIpc) is 2.64. The summed E-state index contributed by atoms with van der Waals surface area (Å²) < 4.78 is 5.36. The van der Waals surface area contributed by atoms with Crippen LogP contribution in [0.25, 0.3) is 0 Å². The van der Waals surface area contributed by atoms with E-state index < -0.39 is 0 Å². The average molecular weight is 339 g/mol. The Bertz CT molecular complexity index is 343. The number of unbranched alkanes of at least 4 members (excludes halogenated alkanes) is 7. The fraction of sp³-hybridized carbons (Fsp3) is 0.950. The third-order valence-electron chi connectivity index (χ3n) is 5.51. The van der Waals surface area contributed by atoms with Gasteiger partial charge in [0.25, 0.3) is 0 Å². The minimum atomic E-state index is 0.228. The van der Waals surface area contributed by atoms with Gasteiger partial charge in [0, 0.05) is 19.6 Å². The number of nitrogens with zero attached hydrogens (tertiary/aromatic N) is 2. The van der Waals surface area contributed by atoms with Gasteiger partial charge in [-0.2, -0.15) is 0 Å². The summed E-state index contributed by atoms with van der Waals surface area (Å²) in [5.74, 6) is 0.602. The van der Waals surface area contributed by atoms with Crippen LogP contribution in [0.1, 0.15) is 71.1 Å². The summed E-state index contributed by atoms with van der Waals surface area (Å²) in [6.07, 6.45) is 13.2. The van der Waals surface area contributed by atoms with Crippen molar-refractivity contribution in [2.45, 2.75) is 71.1 Å². The van der Waals surface area contributed by atoms with Gasteiger partial charge in [-0.15, -0.1) is 0 Å². The minimum absolute atomic E-state index is 0.228. The predicted octanol–water partition coefficient (Wildman–Crippen LogP) is 3.70. The Morgan fingerprint density at radius 2 is 1.62 bits per heavy atom. The summed E-state index contributed by atoms with van der Waals surface area (Å²) >= 11 is 0. The molecule has 2 rings (SSSR count). The van der Waals surface area contributed by atoms with E-state index in [0.29, 0.717) is 19.1 Å². The molecule has 2 aliphatic rings. The Balaban J connectivity index is 1.56. The first-order chi connectivity index (χ1) is 11.8. The molecule has 0 N–H and O–H groups in total. The van der Waals surface area contributed by atoms with Gasteiger partial charge >= 0.3 is 0 Å².